The molecule has 1 aliphatic carbocycles. The van der Waals surface area contributed by atoms with Gasteiger partial charge in [-0.1, -0.05) is 31.1 Å². The van der Waals surface area contributed by atoms with Crippen molar-refractivity contribution in [2.24, 2.45) is 5.73 Å². The predicted octanol–water partition coefficient (Wildman–Crippen LogP) is 3.16. The zero-order chi connectivity index (χ0) is 13.8. The highest BCUT2D eigenvalue weighted by atomic mass is 32.1. The molecule has 0 aromatic heterocycles. The van der Waals surface area contributed by atoms with Crippen molar-refractivity contribution in [1.29, 1.82) is 0 Å². The highest BCUT2D eigenvalue weighted by molar-refractivity contribution is 7.80. The Hall–Kier alpha value is -1.00. The number of rotatable bonds is 5. The van der Waals surface area contributed by atoms with E-state index >= 15 is 0 Å². The van der Waals surface area contributed by atoms with E-state index in [1.54, 1.807) is 6.07 Å². The van der Waals surface area contributed by atoms with Gasteiger partial charge >= 0.3 is 0 Å². The van der Waals surface area contributed by atoms with Crippen molar-refractivity contribution in [3.63, 3.8) is 0 Å². The molecule has 1 aromatic rings. The Morgan fingerprint density at radius 1 is 1.42 bits per heavy atom. The maximum atomic E-state index is 13.1. The first-order valence-electron chi connectivity index (χ1n) is 6.83. The second kappa shape index (κ2) is 6.44. The fraction of sp³-hybridized carbons (Fsp3) is 0.533. The average molecular weight is 280 g/mol. The molecule has 104 valence electrons. The Morgan fingerprint density at radius 3 is 2.68 bits per heavy atom. The highest BCUT2D eigenvalue weighted by Gasteiger charge is 2.23. The summed E-state index contributed by atoms with van der Waals surface area (Å²) in [6, 6.07) is 5.54. The molecular weight excluding hydrogens is 259 g/mol. The van der Waals surface area contributed by atoms with Crippen molar-refractivity contribution in [2.75, 3.05) is 6.54 Å². The van der Waals surface area contributed by atoms with Crippen LogP contribution in [-0.2, 0) is 6.54 Å². The molecule has 0 unspecified atom stereocenters. The summed E-state index contributed by atoms with van der Waals surface area (Å²) in [5, 5.41) is 0. The van der Waals surface area contributed by atoms with Crippen LogP contribution in [-0.4, -0.2) is 22.5 Å². The van der Waals surface area contributed by atoms with Gasteiger partial charge in [-0.2, -0.15) is 0 Å². The van der Waals surface area contributed by atoms with Crippen LogP contribution >= 0.6 is 12.2 Å². The molecular formula is C15H21FN2S. The van der Waals surface area contributed by atoms with E-state index in [0.29, 0.717) is 17.6 Å². The molecule has 2 N–H and O–H groups in total. The number of hydrogen-bond donors (Lipinski definition) is 1. The van der Waals surface area contributed by atoms with Crippen LogP contribution in [0.15, 0.2) is 18.2 Å². The fourth-order valence-electron chi connectivity index (χ4n) is 2.84. The van der Waals surface area contributed by atoms with Gasteiger partial charge in [-0.15, -0.1) is 0 Å². The molecule has 2 nitrogen and oxygen atoms in total. The summed E-state index contributed by atoms with van der Waals surface area (Å²) in [6.45, 7) is 3.40. The number of benzene rings is 1. The quantitative estimate of drug-likeness (QED) is 0.840. The smallest absolute Gasteiger partial charge is 0.123 e. The summed E-state index contributed by atoms with van der Waals surface area (Å²) in [5.74, 6) is -0.178. The number of nitrogens with two attached hydrogens (primary N) is 1. The Bertz CT molecular complexity index is 455. The molecule has 0 heterocycles. The lowest BCUT2D eigenvalue weighted by Crippen LogP contribution is -2.39. The first-order valence-corrected chi connectivity index (χ1v) is 7.24. The third-order valence-corrected chi connectivity index (χ3v) is 4.01. The van der Waals surface area contributed by atoms with Gasteiger partial charge in [0.2, 0.25) is 0 Å². The van der Waals surface area contributed by atoms with Crippen molar-refractivity contribution in [3.8, 4) is 0 Å². The zero-order valence-electron chi connectivity index (χ0n) is 11.4. The van der Waals surface area contributed by atoms with Crippen molar-refractivity contribution in [1.82, 2.24) is 4.90 Å². The molecule has 4 heteroatoms. The largest absolute Gasteiger partial charge is 0.392 e. The second-order valence-electron chi connectivity index (χ2n) is 5.38. The number of thiocarbonyl (C=S) groups is 1. The SMILES string of the molecule is Cc1cc(F)ccc1CN(CC(N)=S)C1CCCC1. The van der Waals surface area contributed by atoms with Crippen molar-refractivity contribution in [2.45, 2.75) is 45.2 Å². The van der Waals surface area contributed by atoms with Gasteiger partial charge in [0.05, 0.1) is 4.99 Å². The van der Waals surface area contributed by atoms with Gasteiger partial charge in [-0.05, 0) is 43.0 Å². The van der Waals surface area contributed by atoms with Gasteiger partial charge in [-0.3, -0.25) is 4.90 Å². The van der Waals surface area contributed by atoms with Gasteiger partial charge < -0.3 is 5.73 Å². The third kappa shape index (κ3) is 3.98. The average Bonchev–Trinajstić information content (AvgIpc) is 2.84. The molecule has 0 radical (unpaired) electrons. The first kappa shape index (κ1) is 14.4. The summed E-state index contributed by atoms with van der Waals surface area (Å²) in [5.41, 5.74) is 7.86. The lowest BCUT2D eigenvalue weighted by molar-refractivity contribution is 0.218. The van der Waals surface area contributed by atoms with Crippen LogP contribution in [0.1, 0.15) is 36.8 Å². The van der Waals surface area contributed by atoms with Crippen LogP contribution in [0.2, 0.25) is 0 Å². The summed E-state index contributed by atoms with van der Waals surface area (Å²) in [4.78, 5) is 2.88. The van der Waals surface area contributed by atoms with Crippen LogP contribution in [0.3, 0.4) is 0 Å². The maximum Gasteiger partial charge on any atom is 0.123 e. The highest BCUT2D eigenvalue weighted by Crippen LogP contribution is 2.25. The van der Waals surface area contributed by atoms with Gasteiger partial charge in [0.1, 0.15) is 5.82 Å². The molecule has 1 saturated carbocycles. The molecule has 1 aromatic carbocycles. The van der Waals surface area contributed by atoms with Crippen LogP contribution in [0.4, 0.5) is 4.39 Å². The predicted molar refractivity (Wildman–Crippen MR) is 80.6 cm³/mol. The zero-order valence-corrected chi connectivity index (χ0v) is 12.2. The van der Waals surface area contributed by atoms with Crippen LogP contribution in [0.5, 0.6) is 0 Å². The van der Waals surface area contributed by atoms with E-state index in [-0.39, 0.29) is 5.82 Å². The summed E-state index contributed by atoms with van der Waals surface area (Å²) in [7, 11) is 0. The van der Waals surface area contributed by atoms with E-state index in [9.17, 15) is 4.39 Å². The van der Waals surface area contributed by atoms with Gasteiger partial charge in [0.25, 0.3) is 0 Å². The van der Waals surface area contributed by atoms with E-state index < -0.39 is 0 Å². The molecule has 0 saturated heterocycles. The molecule has 0 atom stereocenters. The van der Waals surface area contributed by atoms with E-state index in [0.717, 1.165) is 17.7 Å². The Kier molecular flexibility index (Phi) is 4.88. The molecule has 0 amide bonds. The minimum Gasteiger partial charge on any atom is -0.392 e. The fourth-order valence-corrected chi connectivity index (χ4v) is 3.00. The summed E-state index contributed by atoms with van der Waals surface area (Å²) in [6.07, 6.45) is 4.98. The first-order chi connectivity index (χ1) is 9.06. The van der Waals surface area contributed by atoms with Crippen molar-refractivity contribution >= 4 is 17.2 Å². The lowest BCUT2D eigenvalue weighted by atomic mass is 10.1. The number of hydrogen-bond acceptors (Lipinski definition) is 2. The van der Waals surface area contributed by atoms with Gasteiger partial charge in [-0.25, -0.2) is 4.39 Å². The monoisotopic (exact) mass is 280 g/mol. The normalized spacial score (nSPS) is 16.2. The maximum absolute atomic E-state index is 13.1. The van der Waals surface area contributed by atoms with Crippen molar-refractivity contribution < 1.29 is 4.39 Å². The summed E-state index contributed by atoms with van der Waals surface area (Å²) >= 11 is 5.05. The van der Waals surface area contributed by atoms with E-state index in [1.807, 2.05) is 13.0 Å². The van der Waals surface area contributed by atoms with Crippen LogP contribution < -0.4 is 5.73 Å². The van der Waals surface area contributed by atoms with Gasteiger partial charge in [0.15, 0.2) is 0 Å². The molecule has 19 heavy (non-hydrogen) atoms. The Morgan fingerprint density at radius 2 is 2.11 bits per heavy atom. The number of nitrogens with zero attached hydrogens (tertiary/aromatic N) is 1. The topological polar surface area (TPSA) is 29.3 Å². The second-order valence-corrected chi connectivity index (χ2v) is 5.90. The number of aryl methyl sites for hydroxylation is 1. The van der Waals surface area contributed by atoms with E-state index in [1.165, 1.54) is 31.7 Å². The molecule has 0 bridgehead atoms. The summed E-state index contributed by atoms with van der Waals surface area (Å²) < 4.78 is 13.1. The Balaban J connectivity index is 2.12. The third-order valence-electron chi connectivity index (χ3n) is 3.88. The lowest BCUT2D eigenvalue weighted by Gasteiger charge is -2.29. The van der Waals surface area contributed by atoms with E-state index in [4.69, 9.17) is 18.0 Å². The standard InChI is InChI=1S/C15H21FN2S/c1-11-8-13(16)7-6-12(11)9-18(10-15(17)19)14-4-2-3-5-14/h6-8,14H,2-5,9-10H2,1H3,(H2,17,19). The van der Waals surface area contributed by atoms with Crippen LogP contribution in [0.25, 0.3) is 0 Å². The Labute approximate surface area is 119 Å². The van der Waals surface area contributed by atoms with Gasteiger partial charge in [0, 0.05) is 19.1 Å². The molecule has 0 aliphatic heterocycles. The molecule has 1 aliphatic rings. The minimum absolute atomic E-state index is 0.178. The molecule has 1 fully saturated rings. The molecule has 2 rings (SSSR count). The van der Waals surface area contributed by atoms with Crippen molar-refractivity contribution in [3.05, 3.63) is 35.1 Å². The van der Waals surface area contributed by atoms with Crippen LogP contribution in [0, 0.1) is 12.7 Å². The van der Waals surface area contributed by atoms with E-state index in [2.05, 4.69) is 4.90 Å². The number of halogens is 1. The molecule has 0 spiro atoms. The minimum atomic E-state index is -0.178.